The maximum Gasteiger partial charge on any atom is 0.411 e. The number of rotatable bonds is 3. The molecule has 0 heterocycles. The Morgan fingerprint density at radius 2 is 1.70 bits per heavy atom. The Hall–Kier alpha value is -1.55. The molecule has 0 aliphatic carbocycles. The molecule has 0 saturated heterocycles. The van der Waals surface area contributed by atoms with E-state index in [9.17, 15) is 9.59 Å². The number of hydrogen-bond acceptors (Lipinski definition) is 3. The van der Waals surface area contributed by atoms with Gasteiger partial charge in [0.1, 0.15) is 5.60 Å². The molecular weight excluding hydrogens is 314 g/mol. The Morgan fingerprint density at radius 1 is 1.13 bits per heavy atom. The number of carbonyl (C=O) groups is 2. The molecule has 1 atom stereocenters. The van der Waals surface area contributed by atoms with Crippen molar-refractivity contribution in [2.75, 3.05) is 0 Å². The van der Waals surface area contributed by atoms with Crippen LogP contribution in [0.2, 0.25) is 5.02 Å². The van der Waals surface area contributed by atoms with Crippen LogP contribution in [0.15, 0.2) is 24.3 Å². The quantitative estimate of drug-likeness (QED) is 0.732. The van der Waals surface area contributed by atoms with E-state index in [2.05, 4.69) is 0 Å². The zero-order valence-electron chi connectivity index (χ0n) is 14.9. The molecule has 0 saturated carbocycles. The van der Waals surface area contributed by atoms with Crippen LogP contribution in [-0.2, 0) is 4.74 Å². The van der Waals surface area contributed by atoms with Crippen LogP contribution in [0.1, 0.15) is 58.8 Å². The van der Waals surface area contributed by atoms with Crippen LogP contribution in [0.3, 0.4) is 0 Å². The molecule has 4 nitrogen and oxygen atoms in total. The van der Waals surface area contributed by atoms with E-state index in [1.165, 1.54) is 4.90 Å². The minimum absolute atomic E-state index is 0.173. The minimum Gasteiger partial charge on any atom is -0.444 e. The molecule has 0 aromatic heterocycles. The molecule has 1 unspecified atom stereocenters. The van der Waals surface area contributed by atoms with E-state index >= 15 is 0 Å². The average Bonchev–Trinajstić information content (AvgIpc) is 2.33. The Labute approximate surface area is 143 Å². The fourth-order valence-electron chi connectivity index (χ4n) is 2.32. The zero-order valence-corrected chi connectivity index (χ0v) is 15.7. The number of amides is 1. The molecule has 0 N–H and O–H groups in total. The molecular formula is C18H26ClNO3. The van der Waals surface area contributed by atoms with E-state index in [0.717, 1.165) is 0 Å². The van der Waals surface area contributed by atoms with E-state index in [4.69, 9.17) is 16.3 Å². The molecule has 5 heteroatoms. The first-order valence-electron chi connectivity index (χ1n) is 7.65. The third kappa shape index (κ3) is 5.54. The van der Waals surface area contributed by atoms with Crippen LogP contribution >= 0.6 is 11.6 Å². The molecule has 0 fully saturated rings. The highest BCUT2D eigenvalue weighted by atomic mass is 35.5. The fraction of sp³-hybridized carbons (Fsp3) is 0.556. The average molecular weight is 340 g/mol. The molecule has 1 rings (SSSR count). The Balaban J connectivity index is 3.12. The van der Waals surface area contributed by atoms with E-state index in [1.54, 1.807) is 52.0 Å². The molecule has 1 amide bonds. The van der Waals surface area contributed by atoms with Crippen molar-refractivity contribution in [2.45, 2.75) is 65.6 Å². The zero-order chi connectivity index (χ0) is 18.0. The first kappa shape index (κ1) is 19.5. The lowest BCUT2D eigenvalue weighted by atomic mass is 9.98. The fourth-order valence-corrected chi connectivity index (χ4v) is 2.51. The standard InChI is InChI=1S/C18H26ClNO3/c1-12(15(21)13-9-8-10-14(19)11-13)20(17(2,3)4)16(22)23-18(5,6)7/h8-12H,1-7H3. The van der Waals surface area contributed by atoms with Gasteiger partial charge in [0.25, 0.3) is 0 Å². The molecule has 1 aromatic rings. The number of ether oxygens (including phenoxy) is 1. The summed E-state index contributed by atoms with van der Waals surface area (Å²) < 4.78 is 5.47. The molecule has 0 aliphatic rings. The summed E-state index contributed by atoms with van der Waals surface area (Å²) in [5.74, 6) is -0.173. The van der Waals surface area contributed by atoms with Gasteiger partial charge in [-0.2, -0.15) is 0 Å². The first-order chi connectivity index (χ1) is 10.3. The van der Waals surface area contributed by atoms with E-state index in [1.807, 2.05) is 20.8 Å². The van der Waals surface area contributed by atoms with Gasteiger partial charge in [-0.1, -0.05) is 23.7 Å². The Morgan fingerprint density at radius 3 is 2.13 bits per heavy atom. The van der Waals surface area contributed by atoms with Crippen molar-refractivity contribution < 1.29 is 14.3 Å². The summed E-state index contributed by atoms with van der Waals surface area (Å²) >= 11 is 5.96. The third-order valence-electron chi connectivity index (χ3n) is 3.19. The summed E-state index contributed by atoms with van der Waals surface area (Å²) in [4.78, 5) is 26.8. The van der Waals surface area contributed by atoms with Gasteiger partial charge in [0.15, 0.2) is 5.78 Å². The van der Waals surface area contributed by atoms with Crippen molar-refractivity contribution in [3.05, 3.63) is 34.9 Å². The van der Waals surface area contributed by atoms with Gasteiger partial charge in [0.05, 0.1) is 6.04 Å². The summed E-state index contributed by atoms with van der Waals surface area (Å²) in [7, 11) is 0. The van der Waals surface area contributed by atoms with E-state index < -0.39 is 23.3 Å². The predicted octanol–water partition coefficient (Wildman–Crippen LogP) is 4.95. The molecule has 1 aromatic carbocycles. The second-order valence-corrected chi connectivity index (χ2v) is 8.01. The summed E-state index contributed by atoms with van der Waals surface area (Å²) in [6, 6.07) is 6.07. The number of carbonyl (C=O) groups excluding carboxylic acids is 2. The lowest BCUT2D eigenvalue weighted by molar-refractivity contribution is -0.00355. The van der Waals surface area contributed by atoms with Gasteiger partial charge in [0.2, 0.25) is 0 Å². The molecule has 23 heavy (non-hydrogen) atoms. The molecule has 128 valence electrons. The van der Waals surface area contributed by atoms with Crippen molar-refractivity contribution in [1.82, 2.24) is 4.90 Å². The summed E-state index contributed by atoms with van der Waals surface area (Å²) in [6.07, 6.45) is -0.507. The van der Waals surface area contributed by atoms with Crippen molar-refractivity contribution in [2.24, 2.45) is 0 Å². The predicted molar refractivity (Wildman–Crippen MR) is 93.1 cm³/mol. The maximum absolute atomic E-state index is 12.7. The van der Waals surface area contributed by atoms with Gasteiger partial charge in [-0.15, -0.1) is 0 Å². The number of ketones is 1. The number of Topliss-reactive ketones (excluding diaryl/α,β-unsaturated/α-hetero) is 1. The van der Waals surface area contributed by atoms with Crippen LogP contribution in [0.5, 0.6) is 0 Å². The van der Waals surface area contributed by atoms with Crippen molar-refractivity contribution in [3.8, 4) is 0 Å². The lowest BCUT2D eigenvalue weighted by Gasteiger charge is -2.40. The van der Waals surface area contributed by atoms with E-state index in [0.29, 0.717) is 10.6 Å². The van der Waals surface area contributed by atoms with Crippen molar-refractivity contribution in [1.29, 1.82) is 0 Å². The minimum atomic E-state index is -0.664. The van der Waals surface area contributed by atoms with Gasteiger partial charge >= 0.3 is 6.09 Å². The van der Waals surface area contributed by atoms with Gasteiger partial charge in [-0.3, -0.25) is 9.69 Å². The Bertz CT molecular complexity index is 585. The largest absolute Gasteiger partial charge is 0.444 e. The van der Waals surface area contributed by atoms with Crippen molar-refractivity contribution >= 4 is 23.5 Å². The van der Waals surface area contributed by atoms with Gasteiger partial charge in [-0.25, -0.2) is 4.79 Å². The van der Waals surface area contributed by atoms with Crippen LogP contribution in [0.25, 0.3) is 0 Å². The highest BCUT2D eigenvalue weighted by Gasteiger charge is 2.37. The Kier molecular flexibility index (Phi) is 5.86. The highest BCUT2D eigenvalue weighted by Crippen LogP contribution is 2.24. The molecule has 0 bridgehead atoms. The van der Waals surface area contributed by atoms with Crippen LogP contribution in [0, 0.1) is 0 Å². The number of halogens is 1. The monoisotopic (exact) mass is 339 g/mol. The SMILES string of the molecule is CC(C(=O)c1cccc(Cl)c1)N(C(=O)OC(C)(C)C)C(C)(C)C. The summed E-state index contributed by atoms with van der Waals surface area (Å²) in [6.45, 7) is 12.7. The molecule has 0 spiro atoms. The van der Waals surface area contributed by atoms with E-state index in [-0.39, 0.29) is 5.78 Å². The second kappa shape index (κ2) is 6.91. The number of hydrogen-bond donors (Lipinski definition) is 0. The number of benzene rings is 1. The van der Waals surface area contributed by atoms with Crippen LogP contribution in [-0.4, -0.2) is 34.0 Å². The topological polar surface area (TPSA) is 46.6 Å². The summed E-state index contributed by atoms with van der Waals surface area (Å²) in [5, 5.41) is 0.489. The normalized spacial score (nSPS) is 13.4. The second-order valence-electron chi connectivity index (χ2n) is 7.57. The first-order valence-corrected chi connectivity index (χ1v) is 8.03. The van der Waals surface area contributed by atoms with Gasteiger partial charge in [0, 0.05) is 16.1 Å². The van der Waals surface area contributed by atoms with Crippen LogP contribution < -0.4 is 0 Å². The smallest absolute Gasteiger partial charge is 0.411 e. The third-order valence-corrected chi connectivity index (χ3v) is 3.42. The molecule has 0 radical (unpaired) electrons. The maximum atomic E-state index is 12.7. The van der Waals surface area contributed by atoms with Crippen LogP contribution in [0.4, 0.5) is 4.79 Å². The number of nitrogens with zero attached hydrogens (tertiary/aromatic N) is 1. The highest BCUT2D eigenvalue weighted by molar-refractivity contribution is 6.31. The van der Waals surface area contributed by atoms with Gasteiger partial charge in [-0.05, 0) is 60.6 Å². The van der Waals surface area contributed by atoms with Crippen molar-refractivity contribution in [3.63, 3.8) is 0 Å². The summed E-state index contributed by atoms with van der Waals surface area (Å²) in [5.41, 5.74) is -0.710. The molecule has 0 aliphatic heterocycles. The van der Waals surface area contributed by atoms with Gasteiger partial charge < -0.3 is 4.74 Å². The lowest BCUT2D eigenvalue weighted by Crippen LogP contribution is -2.54.